The van der Waals surface area contributed by atoms with E-state index in [1.807, 2.05) is 0 Å². The van der Waals surface area contributed by atoms with Crippen LogP contribution in [0.1, 0.15) is 27.7 Å². The van der Waals surface area contributed by atoms with Crippen LogP contribution < -0.4 is 10.2 Å². The predicted octanol–water partition coefficient (Wildman–Crippen LogP) is 7.45. The second-order valence-electron chi connectivity index (χ2n) is 7.79. The molecule has 0 spiro atoms. The van der Waals surface area contributed by atoms with Crippen LogP contribution in [0.25, 0.3) is 5.32 Å². The van der Waals surface area contributed by atoms with E-state index in [9.17, 15) is 0 Å². The molecule has 3 aromatic carbocycles. The predicted molar refractivity (Wildman–Crippen MR) is 131 cm³/mol. The Labute approximate surface area is 177 Å². The van der Waals surface area contributed by atoms with Crippen molar-refractivity contribution in [3.8, 4) is 0 Å². The van der Waals surface area contributed by atoms with Crippen molar-refractivity contribution < 1.29 is 0 Å². The van der Waals surface area contributed by atoms with Gasteiger partial charge in [-0.15, -0.1) is 12.2 Å². The molecule has 0 saturated carbocycles. The van der Waals surface area contributed by atoms with Crippen LogP contribution in [0.3, 0.4) is 0 Å². The van der Waals surface area contributed by atoms with Gasteiger partial charge in [-0.1, -0.05) is 96.3 Å². The van der Waals surface area contributed by atoms with E-state index in [0.717, 1.165) is 13.1 Å². The van der Waals surface area contributed by atoms with Gasteiger partial charge in [0.1, 0.15) is 0 Å². The molecule has 3 heteroatoms. The summed E-state index contributed by atoms with van der Waals surface area (Å²) in [6.07, 6.45) is 0. The maximum atomic E-state index is 5.06. The Hall–Kier alpha value is -2.31. The summed E-state index contributed by atoms with van der Waals surface area (Å²) in [6, 6.07) is 29.9. The van der Waals surface area contributed by atoms with Crippen LogP contribution in [0.15, 0.2) is 84.9 Å². The maximum absolute atomic E-state index is 5.06. The Morgan fingerprint density at radius 3 is 1.69 bits per heavy atom. The van der Waals surface area contributed by atoms with Crippen molar-refractivity contribution in [3.63, 3.8) is 0 Å². The molecular formula is C26H32N2P-. The zero-order valence-electron chi connectivity index (χ0n) is 18.0. The third kappa shape index (κ3) is 5.61. The summed E-state index contributed by atoms with van der Waals surface area (Å²) in [5.74, 6) is 0. The SMILES string of the molecule is CC(C)P(c1ccccc1[N-]CCN(c1ccccc1)c1ccccc1)C(C)C. The lowest BCUT2D eigenvalue weighted by Crippen LogP contribution is -2.21. The Morgan fingerprint density at radius 2 is 1.17 bits per heavy atom. The van der Waals surface area contributed by atoms with Crippen molar-refractivity contribution in [3.05, 3.63) is 90.2 Å². The number of para-hydroxylation sites is 3. The van der Waals surface area contributed by atoms with E-state index in [0.29, 0.717) is 11.3 Å². The maximum Gasteiger partial charge on any atom is 0.0410 e. The second kappa shape index (κ2) is 10.5. The molecule has 0 N–H and O–H groups in total. The summed E-state index contributed by atoms with van der Waals surface area (Å²) in [7, 11) is -0.221. The monoisotopic (exact) mass is 403 g/mol. The number of rotatable bonds is 9. The molecule has 0 amide bonds. The summed E-state index contributed by atoms with van der Waals surface area (Å²) in [5.41, 5.74) is 4.89. The van der Waals surface area contributed by atoms with Crippen molar-refractivity contribution in [1.29, 1.82) is 0 Å². The zero-order valence-corrected chi connectivity index (χ0v) is 18.9. The lowest BCUT2D eigenvalue weighted by atomic mass is 10.2. The van der Waals surface area contributed by atoms with Gasteiger partial charge in [-0.25, -0.2) is 0 Å². The van der Waals surface area contributed by atoms with Gasteiger partial charge >= 0.3 is 0 Å². The van der Waals surface area contributed by atoms with Gasteiger partial charge in [0.05, 0.1) is 0 Å². The van der Waals surface area contributed by atoms with Gasteiger partial charge in [0.15, 0.2) is 0 Å². The van der Waals surface area contributed by atoms with E-state index in [1.165, 1.54) is 22.4 Å². The Morgan fingerprint density at radius 1 is 0.690 bits per heavy atom. The van der Waals surface area contributed by atoms with Crippen LogP contribution in [-0.4, -0.2) is 24.4 Å². The molecule has 2 nitrogen and oxygen atoms in total. The zero-order chi connectivity index (χ0) is 20.6. The molecule has 0 bridgehead atoms. The number of anilines is 2. The average molecular weight is 404 g/mol. The first-order valence-corrected chi connectivity index (χ1v) is 12.0. The topological polar surface area (TPSA) is 17.3 Å². The fourth-order valence-corrected chi connectivity index (χ4v) is 6.84. The third-order valence-corrected chi connectivity index (χ3v) is 8.17. The Bertz CT molecular complexity index is 815. The number of nitrogens with zero attached hydrogens (tertiary/aromatic N) is 2. The van der Waals surface area contributed by atoms with Crippen molar-refractivity contribution in [2.45, 2.75) is 39.0 Å². The van der Waals surface area contributed by atoms with E-state index < -0.39 is 0 Å². The Balaban J connectivity index is 1.77. The van der Waals surface area contributed by atoms with Gasteiger partial charge in [0, 0.05) is 17.9 Å². The first-order valence-electron chi connectivity index (χ1n) is 10.5. The van der Waals surface area contributed by atoms with Crippen molar-refractivity contribution >= 4 is 30.3 Å². The molecule has 3 aromatic rings. The van der Waals surface area contributed by atoms with Crippen LogP contribution >= 0.6 is 7.92 Å². The standard InChI is InChI=1S/C26H32N2P/c1-21(2)29(22(3)4)26-18-12-11-17-25(26)27-19-20-28(23-13-7-5-8-14-23)24-15-9-6-10-16-24/h5-18,21-22H,19-20H2,1-4H3/q-1. The highest BCUT2D eigenvalue weighted by Crippen LogP contribution is 2.47. The quantitative estimate of drug-likeness (QED) is 0.339. The molecule has 0 aliphatic heterocycles. The highest BCUT2D eigenvalue weighted by molar-refractivity contribution is 7.67. The van der Waals surface area contributed by atoms with E-state index in [2.05, 4.69) is 118 Å². The van der Waals surface area contributed by atoms with Gasteiger partial charge in [0.2, 0.25) is 0 Å². The normalized spacial score (nSPS) is 11.3. The highest BCUT2D eigenvalue weighted by Gasteiger charge is 2.19. The molecule has 29 heavy (non-hydrogen) atoms. The van der Waals surface area contributed by atoms with Gasteiger partial charge in [-0.3, -0.25) is 0 Å². The van der Waals surface area contributed by atoms with E-state index in [4.69, 9.17) is 5.32 Å². The van der Waals surface area contributed by atoms with Crippen LogP contribution in [0.4, 0.5) is 17.1 Å². The van der Waals surface area contributed by atoms with Crippen LogP contribution in [-0.2, 0) is 0 Å². The van der Waals surface area contributed by atoms with Gasteiger partial charge in [-0.2, -0.15) is 0 Å². The molecule has 0 aromatic heterocycles. The van der Waals surface area contributed by atoms with Gasteiger partial charge < -0.3 is 10.2 Å². The lowest BCUT2D eigenvalue weighted by Gasteiger charge is -2.35. The van der Waals surface area contributed by atoms with E-state index in [-0.39, 0.29) is 7.92 Å². The van der Waals surface area contributed by atoms with Crippen LogP contribution in [0.2, 0.25) is 0 Å². The number of hydrogen-bond acceptors (Lipinski definition) is 1. The molecule has 152 valence electrons. The minimum Gasteiger partial charge on any atom is -0.682 e. The molecule has 0 aliphatic carbocycles. The molecule has 0 aliphatic rings. The average Bonchev–Trinajstić information content (AvgIpc) is 2.73. The molecule has 0 atom stereocenters. The lowest BCUT2D eigenvalue weighted by molar-refractivity contribution is 0.979. The minimum atomic E-state index is -0.221. The summed E-state index contributed by atoms with van der Waals surface area (Å²) in [4.78, 5) is 2.35. The molecular weight excluding hydrogens is 371 g/mol. The third-order valence-electron chi connectivity index (χ3n) is 5.01. The highest BCUT2D eigenvalue weighted by atomic mass is 31.1. The van der Waals surface area contributed by atoms with Gasteiger partial charge in [0.25, 0.3) is 0 Å². The fourth-order valence-electron chi connectivity index (χ4n) is 3.86. The summed E-state index contributed by atoms with van der Waals surface area (Å²) in [5, 5.41) is 6.50. The van der Waals surface area contributed by atoms with E-state index in [1.54, 1.807) is 0 Å². The first-order chi connectivity index (χ1) is 14.1. The fraction of sp³-hybridized carbons (Fsp3) is 0.308. The van der Waals surface area contributed by atoms with Crippen molar-refractivity contribution in [2.75, 3.05) is 18.0 Å². The molecule has 0 radical (unpaired) electrons. The second-order valence-corrected chi connectivity index (χ2v) is 11.1. The van der Waals surface area contributed by atoms with E-state index >= 15 is 0 Å². The smallest absolute Gasteiger partial charge is 0.0410 e. The first kappa shape index (κ1) is 21.4. The molecule has 0 saturated heterocycles. The summed E-state index contributed by atoms with van der Waals surface area (Å²) >= 11 is 0. The largest absolute Gasteiger partial charge is 0.682 e. The van der Waals surface area contributed by atoms with Gasteiger partial charge in [-0.05, 0) is 40.9 Å². The minimum absolute atomic E-state index is 0.221. The van der Waals surface area contributed by atoms with Crippen molar-refractivity contribution in [2.24, 2.45) is 0 Å². The van der Waals surface area contributed by atoms with Crippen molar-refractivity contribution in [1.82, 2.24) is 0 Å². The number of hydrogen-bond donors (Lipinski definition) is 0. The van der Waals surface area contributed by atoms with Crippen LogP contribution in [0, 0.1) is 0 Å². The summed E-state index contributed by atoms with van der Waals surface area (Å²) in [6.45, 7) is 11.0. The number of benzene rings is 3. The summed E-state index contributed by atoms with van der Waals surface area (Å²) < 4.78 is 0. The molecule has 0 heterocycles. The van der Waals surface area contributed by atoms with Crippen LogP contribution in [0.5, 0.6) is 0 Å². The Kier molecular flexibility index (Phi) is 7.72. The molecule has 0 fully saturated rings. The molecule has 3 rings (SSSR count). The molecule has 0 unspecified atom stereocenters.